The highest BCUT2D eigenvalue weighted by Crippen LogP contribution is 2.22. The predicted molar refractivity (Wildman–Crippen MR) is 66.3 cm³/mol. The van der Waals surface area contributed by atoms with E-state index in [1.54, 1.807) is 0 Å². The van der Waals surface area contributed by atoms with E-state index in [1.807, 2.05) is 18.5 Å². The maximum atomic E-state index is 4.41. The first kappa shape index (κ1) is 9.16. The number of aromatic amines is 1. The fourth-order valence-corrected chi connectivity index (χ4v) is 1.84. The Morgan fingerprint density at radius 2 is 1.81 bits per heavy atom. The van der Waals surface area contributed by atoms with Crippen molar-refractivity contribution in [2.75, 3.05) is 0 Å². The topological polar surface area (TPSA) is 28.7 Å². The summed E-state index contributed by atoms with van der Waals surface area (Å²) in [4.78, 5) is 7.59. The fraction of sp³-hybridized carbons (Fsp3) is 0.0714. The van der Waals surface area contributed by atoms with E-state index < -0.39 is 0 Å². The number of hydrogen-bond donors (Lipinski definition) is 1. The molecule has 78 valence electrons. The van der Waals surface area contributed by atoms with Crippen molar-refractivity contribution in [3.05, 3.63) is 54.4 Å². The fourth-order valence-electron chi connectivity index (χ4n) is 1.84. The summed E-state index contributed by atoms with van der Waals surface area (Å²) in [6.07, 6.45) is 3.83. The number of benzene rings is 1. The maximum Gasteiger partial charge on any atom is 0.0879 e. The highest BCUT2D eigenvalue weighted by molar-refractivity contribution is 5.80. The van der Waals surface area contributed by atoms with Crippen molar-refractivity contribution in [1.29, 1.82) is 0 Å². The molecule has 0 radical (unpaired) electrons. The summed E-state index contributed by atoms with van der Waals surface area (Å²) in [5.41, 5.74) is 5.72. The average molecular weight is 208 g/mol. The van der Waals surface area contributed by atoms with Gasteiger partial charge in [0, 0.05) is 18.0 Å². The molecule has 0 aliphatic rings. The highest BCUT2D eigenvalue weighted by atomic mass is 14.7. The molecular formula is C14H12N2. The Balaban J connectivity index is 2.14. The van der Waals surface area contributed by atoms with Crippen molar-refractivity contribution in [1.82, 2.24) is 9.97 Å². The lowest BCUT2D eigenvalue weighted by molar-refractivity contribution is 1.39. The van der Waals surface area contributed by atoms with Gasteiger partial charge in [-0.15, -0.1) is 0 Å². The second kappa shape index (κ2) is 3.49. The minimum absolute atomic E-state index is 1.01. The Bertz CT molecular complexity index is 621. The smallest absolute Gasteiger partial charge is 0.0879 e. The molecule has 1 aromatic carbocycles. The summed E-state index contributed by atoms with van der Waals surface area (Å²) in [6.45, 7) is 2.09. The Morgan fingerprint density at radius 1 is 1.00 bits per heavy atom. The third kappa shape index (κ3) is 1.48. The third-order valence-electron chi connectivity index (χ3n) is 2.78. The Labute approximate surface area is 94.0 Å². The van der Waals surface area contributed by atoms with Gasteiger partial charge in [-0.2, -0.15) is 0 Å². The van der Waals surface area contributed by atoms with Gasteiger partial charge >= 0.3 is 0 Å². The molecule has 2 nitrogen and oxygen atoms in total. The first-order chi connectivity index (χ1) is 7.83. The lowest BCUT2D eigenvalue weighted by Crippen LogP contribution is -1.81. The number of fused-ring (bicyclic) bond motifs is 1. The van der Waals surface area contributed by atoms with Crippen molar-refractivity contribution in [3.63, 3.8) is 0 Å². The molecular weight excluding hydrogens is 196 g/mol. The molecule has 0 atom stereocenters. The van der Waals surface area contributed by atoms with Gasteiger partial charge in [0.25, 0.3) is 0 Å². The zero-order valence-electron chi connectivity index (χ0n) is 9.07. The van der Waals surface area contributed by atoms with Crippen LogP contribution >= 0.6 is 0 Å². The van der Waals surface area contributed by atoms with E-state index in [9.17, 15) is 0 Å². The summed E-state index contributed by atoms with van der Waals surface area (Å²) in [5.74, 6) is 0. The molecule has 2 heteroatoms. The van der Waals surface area contributed by atoms with Crippen molar-refractivity contribution >= 4 is 11.0 Å². The van der Waals surface area contributed by atoms with Crippen LogP contribution in [0.1, 0.15) is 5.56 Å². The molecule has 0 fully saturated rings. The molecule has 0 bridgehead atoms. The number of aromatic nitrogens is 2. The predicted octanol–water partition coefficient (Wildman–Crippen LogP) is 3.54. The maximum absolute atomic E-state index is 4.41. The molecule has 2 heterocycles. The summed E-state index contributed by atoms with van der Waals surface area (Å²) < 4.78 is 0. The largest absolute Gasteiger partial charge is 0.360 e. The standard InChI is InChI=1S/C14H12N2/c1-10-2-4-11(5-3-10)12-8-14-13(16-9-12)6-7-15-14/h2-9,15H,1H3. The number of H-pyrrole nitrogens is 1. The molecule has 16 heavy (non-hydrogen) atoms. The van der Waals surface area contributed by atoms with Crippen LogP contribution in [0, 0.1) is 6.92 Å². The molecule has 0 amide bonds. The lowest BCUT2D eigenvalue weighted by atomic mass is 10.1. The van der Waals surface area contributed by atoms with Crippen molar-refractivity contribution in [3.8, 4) is 11.1 Å². The normalized spacial score (nSPS) is 10.8. The van der Waals surface area contributed by atoms with Gasteiger partial charge in [0.1, 0.15) is 0 Å². The van der Waals surface area contributed by atoms with Gasteiger partial charge in [-0.1, -0.05) is 29.8 Å². The lowest BCUT2D eigenvalue weighted by Gasteiger charge is -2.01. The number of aryl methyl sites for hydroxylation is 1. The second-order valence-electron chi connectivity index (χ2n) is 4.00. The minimum atomic E-state index is 1.01. The van der Waals surface area contributed by atoms with Crippen LogP contribution < -0.4 is 0 Å². The third-order valence-corrected chi connectivity index (χ3v) is 2.78. The zero-order chi connectivity index (χ0) is 11.0. The van der Waals surface area contributed by atoms with Crippen LogP contribution in [0.3, 0.4) is 0 Å². The molecule has 0 unspecified atom stereocenters. The van der Waals surface area contributed by atoms with E-state index in [0.29, 0.717) is 0 Å². The van der Waals surface area contributed by atoms with Crippen molar-refractivity contribution in [2.24, 2.45) is 0 Å². The number of nitrogens with zero attached hydrogens (tertiary/aromatic N) is 1. The van der Waals surface area contributed by atoms with Gasteiger partial charge in [-0.25, -0.2) is 0 Å². The molecule has 2 aromatic heterocycles. The van der Waals surface area contributed by atoms with Gasteiger partial charge in [-0.05, 0) is 24.6 Å². The van der Waals surface area contributed by atoms with Gasteiger partial charge in [0.15, 0.2) is 0 Å². The summed E-state index contributed by atoms with van der Waals surface area (Å²) in [5, 5.41) is 0. The second-order valence-corrected chi connectivity index (χ2v) is 4.00. The molecule has 0 saturated heterocycles. The van der Waals surface area contributed by atoms with E-state index in [-0.39, 0.29) is 0 Å². The molecule has 0 aliphatic heterocycles. The Morgan fingerprint density at radius 3 is 2.62 bits per heavy atom. The van der Waals surface area contributed by atoms with E-state index >= 15 is 0 Å². The van der Waals surface area contributed by atoms with Gasteiger partial charge < -0.3 is 4.98 Å². The van der Waals surface area contributed by atoms with Crippen molar-refractivity contribution in [2.45, 2.75) is 6.92 Å². The molecule has 3 aromatic rings. The summed E-state index contributed by atoms with van der Waals surface area (Å²) >= 11 is 0. The Hall–Kier alpha value is -2.09. The van der Waals surface area contributed by atoms with E-state index in [4.69, 9.17) is 0 Å². The number of nitrogens with one attached hydrogen (secondary N) is 1. The first-order valence-electron chi connectivity index (χ1n) is 5.33. The van der Waals surface area contributed by atoms with Crippen molar-refractivity contribution < 1.29 is 0 Å². The molecule has 3 rings (SSSR count). The quantitative estimate of drug-likeness (QED) is 0.651. The van der Waals surface area contributed by atoms with Crippen LogP contribution in [0.15, 0.2) is 48.8 Å². The van der Waals surface area contributed by atoms with Crippen LogP contribution in [0.5, 0.6) is 0 Å². The number of pyridine rings is 1. The number of rotatable bonds is 1. The van der Waals surface area contributed by atoms with Crippen LogP contribution in [0.4, 0.5) is 0 Å². The molecule has 0 aliphatic carbocycles. The average Bonchev–Trinajstić information content (AvgIpc) is 2.77. The molecule has 0 spiro atoms. The SMILES string of the molecule is Cc1ccc(-c2cnc3cc[nH]c3c2)cc1. The van der Waals surface area contributed by atoms with E-state index in [1.165, 1.54) is 11.1 Å². The van der Waals surface area contributed by atoms with Crippen LogP contribution in [-0.2, 0) is 0 Å². The van der Waals surface area contributed by atoms with E-state index in [0.717, 1.165) is 16.6 Å². The van der Waals surface area contributed by atoms with Crippen LogP contribution in [0.2, 0.25) is 0 Å². The zero-order valence-corrected chi connectivity index (χ0v) is 9.07. The highest BCUT2D eigenvalue weighted by Gasteiger charge is 2.00. The molecule has 1 N–H and O–H groups in total. The molecule has 0 saturated carbocycles. The Kier molecular flexibility index (Phi) is 2.00. The van der Waals surface area contributed by atoms with Gasteiger partial charge in [0.2, 0.25) is 0 Å². The minimum Gasteiger partial charge on any atom is -0.360 e. The van der Waals surface area contributed by atoms with Gasteiger partial charge in [0.05, 0.1) is 11.0 Å². The van der Waals surface area contributed by atoms with Gasteiger partial charge in [-0.3, -0.25) is 4.98 Å². The summed E-state index contributed by atoms with van der Waals surface area (Å²) in [6, 6.07) is 12.6. The summed E-state index contributed by atoms with van der Waals surface area (Å²) in [7, 11) is 0. The first-order valence-corrected chi connectivity index (χ1v) is 5.33. The number of hydrogen-bond acceptors (Lipinski definition) is 1. The van der Waals surface area contributed by atoms with Crippen LogP contribution in [-0.4, -0.2) is 9.97 Å². The monoisotopic (exact) mass is 208 g/mol. The van der Waals surface area contributed by atoms with Crippen LogP contribution in [0.25, 0.3) is 22.2 Å². The van der Waals surface area contributed by atoms with E-state index in [2.05, 4.69) is 47.2 Å².